The number of rotatable bonds is 0. The quantitative estimate of drug-likeness (QED) is 0.516. The van der Waals surface area contributed by atoms with Crippen LogP contribution in [0.1, 0.15) is 0 Å². The summed E-state index contributed by atoms with van der Waals surface area (Å²) in [5.74, 6) is 0. The normalized spacial score (nSPS) is 1.00. The van der Waals surface area contributed by atoms with Crippen molar-refractivity contribution >= 4 is 27.5 Å². The molecule has 0 saturated carbocycles. The second-order valence-electron chi connectivity index (χ2n) is 0. The van der Waals surface area contributed by atoms with Gasteiger partial charge in [-0.15, -0.1) is 0 Å². The Kier molecular flexibility index (Phi) is 461. The molecule has 0 amide bonds. The molecule has 0 saturated heterocycles. The van der Waals surface area contributed by atoms with Crippen molar-refractivity contribution in [2.24, 2.45) is 0 Å². The van der Waals surface area contributed by atoms with Gasteiger partial charge in [-0.05, 0) is 0 Å². The molecule has 0 fully saturated rings. The Morgan fingerprint density at radius 3 is 1.00 bits per heavy atom. The van der Waals surface area contributed by atoms with Crippen LogP contribution in [0.3, 0.4) is 0 Å². The first-order valence-corrected chi connectivity index (χ1v) is 0.612. The zero-order valence-corrected chi connectivity index (χ0v) is 6.44. The molecule has 0 N–H and O–H groups in total. The molecule has 0 aromatic carbocycles. The molecule has 3 nitrogen and oxygen atoms in total. The molecule has 0 aliphatic heterocycles. The van der Waals surface area contributed by atoms with E-state index in [4.69, 9.17) is 4.46 Å². The predicted octanol–water partition coefficient (Wildman–Crippen LogP) is -1.12. The van der Waals surface area contributed by atoms with Crippen LogP contribution in [0.4, 0.5) is 0 Å². The van der Waals surface area contributed by atoms with E-state index in [2.05, 4.69) is 0 Å². The summed E-state index contributed by atoms with van der Waals surface area (Å²) in [5.41, 5.74) is 0. The molecule has 0 atom stereocenters. The van der Waals surface area contributed by atoms with Gasteiger partial charge in [0.2, 0.25) is 0 Å². The van der Waals surface area contributed by atoms with E-state index in [0.29, 0.717) is 0 Å². The summed E-state index contributed by atoms with van der Waals surface area (Å²) in [6.45, 7) is 0. The molecule has 0 aliphatic rings. The fraction of sp³-hybridized carbons (Fsp3) is 0. The van der Waals surface area contributed by atoms with Gasteiger partial charge in [0, 0.05) is 0 Å². The van der Waals surface area contributed by atoms with E-state index in [1.807, 2.05) is 0 Å². The molecular formula is AlO3SiYb+4. The van der Waals surface area contributed by atoms with Gasteiger partial charge in [0.25, 0.3) is 0 Å². The van der Waals surface area contributed by atoms with Gasteiger partial charge in [0.15, 0.2) is 0 Å². The maximum absolute atomic E-state index is 8.06. The van der Waals surface area contributed by atoms with Gasteiger partial charge in [-0.25, -0.2) is 0 Å². The SMILES string of the molecule is O=[Si+2].[Al+3].[O-2].[O-2].[Yb+3]. The zero-order valence-electron chi connectivity index (χ0n) is 2.57. The number of hydrogen-bond acceptors (Lipinski definition) is 1. The van der Waals surface area contributed by atoms with Crippen LogP contribution in [0.15, 0.2) is 0 Å². The summed E-state index contributed by atoms with van der Waals surface area (Å²) in [4.78, 5) is 0. The Morgan fingerprint density at radius 1 is 1.00 bits per heavy atom. The molecule has 35 valence electrons. The molecule has 0 aromatic rings. The minimum atomic E-state index is 0. The van der Waals surface area contributed by atoms with E-state index in [1.165, 1.54) is 0 Å². The first-order valence-electron chi connectivity index (χ1n) is 0.204. The van der Waals surface area contributed by atoms with E-state index >= 15 is 0 Å². The maximum Gasteiger partial charge on any atom is 3.00 e. The van der Waals surface area contributed by atoms with Crippen molar-refractivity contribution in [2.45, 2.75) is 0 Å². The van der Waals surface area contributed by atoms with Crippen LogP contribution in [0.25, 0.3) is 0 Å². The molecule has 0 bridgehead atoms. The predicted molar refractivity (Wildman–Crippen MR) is 13.6 cm³/mol. The Balaban J connectivity index is -0.000000000833. The topological polar surface area (TPSA) is 74.1 Å². The first-order chi connectivity index (χ1) is 1.00. The molecule has 1 radical (unpaired) electrons. The van der Waals surface area contributed by atoms with Crippen molar-refractivity contribution in [1.29, 1.82) is 0 Å². The van der Waals surface area contributed by atoms with Gasteiger partial charge >= 0.3 is 78.9 Å². The monoisotopic (exact) mass is 277 g/mol. The van der Waals surface area contributed by atoms with Crippen LogP contribution in [0.5, 0.6) is 0 Å². The fourth-order valence-electron chi connectivity index (χ4n) is 0. The molecule has 6 heavy (non-hydrogen) atoms. The van der Waals surface area contributed by atoms with Gasteiger partial charge in [-0.3, -0.25) is 0 Å². The van der Waals surface area contributed by atoms with E-state index in [1.54, 1.807) is 10.1 Å². The van der Waals surface area contributed by atoms with Crippen LogP contribution in [-0.4, -0.2) is 27.5 Å². The molecular weight excluding hydrogens is 276 g/mol. The molecule has 0 unspecified atom stereocenters. The summed E-state index contributed by atoms with van der Waals surface area (Å²) >= 11 is 0. The summed E-state index contributed by atoms with van der Waals surface area (Å²) in [6.07, 6.45) is 0. The minimum absolute atomic E-state index is 0. The smallest absolute Gasteiger partial charge is 2.00 e. The first kappa shape index (κ1) is 43.7. The summed E-state index contributed by atoms with van der Waals surface area (Å²) < 4.78 is 8.06. The van der Waals surface area contributed by atoms with Crippen molar-refractivity contribution in [3.8, 4) is 0 Å². The third-order valence-electron chi connectivity index (χ3n) is 0. The van der Waals surface area contributed by atoms with Crippen molar-refractivity contribution < 1.29 is 62.3 Å². The Hall–Kier alpha value is 1.99. The van der Waals surface area contributed by atoms with E-state index in [-0.39, 0.29) is 75.2 Å². The molecule has 6 heteroatoms. The van der Waals surface area contributed by atoms with Gasteiger partial charge in [0.05, 0.1) is 0 Å². The third kappa shape index (κ3) is 37.7. The second kappa shape index (κ2) is 63.4. The molecule has 0 aliphatic carbocycles. The minimum Gasteiger partial charge on any atom is -2.00 e. The summed E-state index contributed by atoms with van der Waals surface area (Å²) in [5, 5.41) is 0. The number of hydrogen-bond donors (Lipinski definition) is 0. The Morgan fingerprint density at radius 2 is 1.00 bits per heavy atom. The van der Waals surface area contributed by atoms with Gasteiger partial charge in [-0.2, -0.15) is 0 Å². The van der Waals surface area contributed by atoms with Crippen molar-refractivity contribution in [3.63, 3.8) is 0 Å². The summed E-state index contributed by atoms with van der Waals surface area (Å²) in [6, 6.07) is 0. The van der Waals surface area contributed by atoms with Crippen molar-refractivity contribution in [3.05, 3.63) is 0 Å². The summed E-state index contributed by atoms with van der Waals surface area (Å²) in [7, 11) is 1.72. The second-order valence-corrected chi connectivity index (χ2v) is 0. The van der Waals surface area contributed by atoms with Crippen molar-refractivity contribution in [1.82, 2.24) is 0 Å². The van der Waals surface area contributed by atoms with Gasteiger partial charge in [0.1, 0.15) is 0 Å². The van der Waals surface area contributed by atoms with Crippen LogP contribution in [-0.2, 0) is 15.4 Å². The van der Waals surface area contributed by atoms with Crippen LogP contribution in [0.2, 0.25) is 0 Å². The maximum atomic E-state index is 8.06. The largest absolute Gasteiger partial charge is 3.00 e. The van der Waals surface area contributed by atoms with Gasteiger partial charge in [-0.1, -0.05) is 0 Å². The molecule has 0 spiro atoms. The molecule has 0 aromatic heterocycles. The van der Waals surface area contributed by atoms with Crippen LogP contribution < -0.4 is 0 Å². The Bertz CT molecular complexity index is 10.8. The average Bonchev–Trinajstić information content (AvgIpc) is 1.00. The average molecular weight is 276 g/mol. The Labute approximate surface area is 88.3 Å². The molecule has 0 rings (SSSR count). The fourth-order valence-corrected chi connectivity index (χ4v) is 0. The van der Waals surface area contributed by atoms with Gasteiger partial charge < -0.3 is 11.0 Å². The van der Waals surface area contributed by atoms with E-state index in [0.717, 1.165) is 0 Å². The van der Waals surface area contributed by atoms with Crippen LogP contribution >= 0.6 is 0 Å². The van der Waals surface area contributed by atoms with E-state index in [9.17, 15) is 0 Å². The van der Waals surface area contributed by atoms with Crippen LogP contribution in [0, 0.1) is 46.9 Å². The standard InChI is InChI=1S/Al.OSi.2O.Yb/c;1-2;;;/q+3;+2;2*-2;+3. The zero-order chi connectivity index (χ0) is 2.00. The van der Waals surface area contributed by atoms with Crippen molar-refractivity contribution in [2.75, 3.05) is 0 Å². The third-order valence-corrected chi connectivity index (χ3v) is 0. The molecule has 0 heterocycles. The van der Waals surface area contributed by atoms with E-state index < -0.39 is 0 Å².